The lowest BCUT2D eigenvalue weighted by Crippen LogP contribution is -2.41. The standard InChI is InChI=1S/C15H16N2O3S/c1-8-9(2)16-12-4-3-10(5-11(8)12)14(18)17-7-21-6-13(17)15(19)20/h3-5,13,16H,6-7H2,1-2H3,(H,19,20)/t13-/m0/s1. The zero-order chi connectivity index (χ0) is 15.1. The van der Waals surface area contributed by atoms with Gasteiger partial charge in [-0.2, -0.15) is 0 Å². The Labute approximate surface area is 126 Å². The summed E-state index contributed by atoms with van der Waals surface area (Å²) in [6.45, 7) is 4.00. The number of carboxylic acids is 1. The molecule has 2 aromatic rings. The molecule has 110 valence electrons. The van der Waals surface area contributed by atoms with E-state index < -0.39 is 12.0 Å². The molecule has 0 unspecified atom stereocenters. The molecular formula is C15H16N2O3S. The molecule has 1 amide bonds. The summed E-state index contributed by atoms with van der Waals surface area (Å²) in [6.07, 6.45) is 0. The molecule has 0 radical (unpaired) electrons. The number of rotatable bonds is 2. The first-order valence-electron chi connectivity index (χ1n) is 6.69. The summed E-state index contributed by atoms with van der Waals surface area (Å²) in [6, 6.07) is 4.74. The van der Waals surface area contributed by atoms with Crippen LogP contribution in [0, 0.1) is 13.8 Å². The number of benzene rings is 1. The van der Waals surface area contributed by atoms with Crippen LogP contribution in [0.4, 0.5) is 0 Å². The average molecular weight is 304 g/mol. The van der Waals surface area contributed by atoms with E-state index in [1.165, 1.54) is 16.7 Å². The predicted molar refractivity (Wildman–Crippen MR) is 82.7 cm³/mol. The monoisotopic (exact) mass is 304 g/mol. The highest BCUT2D eigenvalue weighted by Crippen LogP contribution is 2.26. The van der Waals surface area contributed by atoms with Crippen LogP contribution >= 0.6 is 11.8 Å². The zero-order valence-electron chi connectivity index (χ0n) is 11.8. The Morgan fingerprint density at radius 2 is 2.14 bits per heavy atom. The molecule has 1 aliphatic rings. The summed E-state index contributed by atoms with van der Waals surface area (Å²) >= 11 is 1.47. The lowest BCUT2D eigenvalue weighted by atomic mass is 10.1. The van der Waals surface area contributed by atoms with Gasteiger partial charge in [-0.15, -0.1) is 11.8 Å². The average Bonchev–Trinajstić information content (AvgIpc) is 3.04. The summed E-state index contributed by atoms with van der Waals surface area (Å²) in [5.41, 5.74) is 3.73. The third kappa shape index (κ3) is 2.29. The van der Waals surface area contributed by atoms with Gasteiger partial charge in [-0.3, -0.25) is 4.79 Å². The van der Waals surface area contributed by atoms with Crippen LogP contribution in [0.1, 0.15) is 21.6 Å². The number of carbonyl (C=O) groups is 2. The Kier molecular flexibility index (Phi) is 3.41. The van der Waals surface area contributed by atoms with Crippen LogP contribution in [0.25, 0.3) is 10.9 Å². The van der Waals surface area contributed by atoms with Gasteiger partial charge in [-0.1, -0.05) is 0 Å². The van der Waals surface area contributed by atoms with Gasteiger partial charge >= 0.3 is 5.97 Å². The quantitative estimate of drug-likeness (QED) is 0.893. The second kappa shape index (κ2) is 5.11. The van der Waals surface area contributed by atoms with Crippen LogP contribution in [-0.4, -0.2) is 44.5 Å². The molecule has 1 saturated heterocycles. The highest BCUT2D eigenvalue weighted by Gasteiger charge is 2.35. The molecule has 21 heavy (non-hydrogen) atoms. The molecular weight excluding hydrogens is 288 g/mol. The van der Waals surface area contributed by atoms with Crippen molar-refractivity contribution in [2.45, 2.75) is 19.9 Å². The smallest absolute Gasteiger partial charge is 0.327 e. The van der Waals surface area contributed by atoms with Crippen LogP contribution in [-0.2, 0) is 4.79 Å². The van der Waals surface area contributed by atoms with E-state index >= 15 is 0 Å². The maximum absolute atomic E-state index is 12.6. The molecule has 5 nitrogen and oxygen atoms in total. The molecule has 3 rings (SSSR count). The lowest BCUT2D eigenvalue weighted by molar-refractivity contribution is -0.140. The fourth-order valence-corrected chi connectivity index (χ4v) is 3.75. The topological polar surface area (TPSA) is 73.4 Å². The number of aromatic amines is 1. The number of carboxylic acid groups (broad SMARTS) is 1. The molecule has 0 aliphatic carbocycles. The molecule has 1 fully saturated rings. The van der Waals surface area contributed by atoms with Crippen LogP contribution in [0.3, 0.4) is 0 Å². The zero-order valence-corrected chi connectivity index (χ0v) is 12.7. The van der Waals surface area contributed by atoms with E-state index in [2.05, 4.69) is 4.98 Å². The Bertz CT molecular complexity index is 738. The van der Waals surface area contributed by atoms with Crippen molar-refractivity contribution in [1.82, 2.24) is 9.88 Å². The third-order valence-corrected chi connectivity index (χ3v) is 5.00. The predicted octanol–water partition coefficient (Wildman–Crippen LogP) is 2.38. The molecule has 1 atom stereocenters. The summed E-state index contributed by atoms with van der Waals surface area (Å²) in [4.78, 5) is 28.5. The number of aryl methyl sites for hydroxylation is 2. The normalized spacial score (nSPS) is 18.4. The number of H-pyrrole nitrogens is 1. The number of hydrogen-bond acceptors (Lipinski definition) is 3. The van der Waals surface area contributed by atoms with Crippen molar-refractivity contribution in [2.75, 3.05) is 11.6 Å². The third-order valence-electron chi connectivity index (χ3n) is 3.98. The van der Waals surface area contributed by atoms with E-state index in [0.717, 1.165) is 22.2 Å². The largest absolute Gasteiger partial charge is 0.480 e. The van der Waals surface area contributed by atoms with Gasteiger partial charge in [0.2, 0.25) is 0 Å². The highest BCUT2D eigenvalue weighted by molar-refractivity contribution is 7.99. The number of aromatic nitrogens is 1. The Balaban J connectivity index is 1.98. The lowest BCUT2D eigenvalue weighted by Gasteiger charge is -2.20. The maximum Gasteiger partial charge on any atom is 0.327 e. The number of hydrogen-bond donors (Lipinski definition) is 2. The van der Waals surface area contributed by atoms with Crippen molar-refractivity contribution < 1.29 is 14.7 Å². The first-order valence-corrected chi connectivity index (χ1v) is 7.85. The van der Waals surface area contributed by atoms with E-state index in [4.69, 9.17) is 0 Å². The van der Waals surface area contributed by atoms with Crippen molar-refractivity contribution in [3.8, 4) is 0 Å². The van der Waals surface area contributed by atoms with Crippen LogP contribution in [0.2, 0.25) is 0 Å². The number of fused-ring (bicyclic) bond motifs is 1. The first-order chi connectivity index (χ1) is 9.99. The number of carbonyl (C=O) groups excluding carboxylic acids is 1. The van der Waals surface area contributed by atoms with Gasteiger partial charge in [0.15, 0.2) is 0 Å². The van der Waals surface area contributed by atoms with E-state index in [-0.39, 0.29) is 5.91 Å². The molecule has 0 saturated carbocycles. The van der Waals surface area contributed by atoms with E-state index in [9.17, 15) is 14.7 Å². The molecule has 1 aromatic carbocycles. The molecule has 0 spiro atoms. The van der Waals surface area contributed by atoms with Crippen molar-refractivity contribution >= 4 is 34.5 Å². The summed E-state index contributed by atoms with van der Waals surface area (Å²) in [7, 11) is 0. The number of nitrogens with one attached hydrogen (secondary N) is 1. The van der Waals surface area contributed by atoms with Crippen molar-refractivity contribution in [1.29, 1.82) is 0 Å². The van der Waals surface area contributed by atoms with Crippen molar-refractivity contribution in [3.63, 3.8) is 0 Å². The Morgan fingerprint density at radius 1 is 1.38 bits per heavy atom. The van der Waals surface area contributed by atoms with Crippen LogP contribution in [0.15, 0.2) is 18.2 Å². The van der Waals surface area contributed by atoms with Crippen molar-refractivity contribution in [2.24, 2.45) is 0 Å². The maximum atomic E-state index is 12.6. The Morgan fingerprint density at radius 3 is 2.86 bits per heavy atom. The fraction of sp³-hybridized carbons (Fsp3) is 0.333. The van der Waals surface area contributed by atoms with Gasteiger partial charge in [0.25, 0.3) is 5.91 Å². The van der Waals surface area contributed by atoms with Crippen molar-refractivity contribution in [3.05, 3.63) is 35.0 Å². The summed E-state index contributed by atoms with van der Waals surface area (Å²) in [5, 5.41) is 10.2. The summed E-state index contributed by atoms with van der Waals surface area (Å²) < 4.78 is 0. The number of amides is 1. The first kappa shape index (κ1) is 14.0. The minimum atomic E-state index is -0.942. The van der Waals surface area contributed by atoms with E-state index in [1.54, 1.807) is 6.07 Å². The number of thioether (sulfide) groups is 1. The molecule has 0 bridgehead atoms. The second-order valence-electron chi connectivity index (χ2n) is 5.26. The van der Waals surface area contributed by atoms with E-state index in [1.807, 2.05) is 26.0 Å². The highest BCUT2D eigenvalue weighted by atomic mass is 32.2. The van der Waals surface area contributed by atoms with Gasteiger partial charge in [-0.25, -0.2) is 4.79 Å². The number of aliphatic carboxylic acids is 1. The second-order valence-corrected chi connectivity index (χ2v) is 6.26. The van der Waals surface area contributed by atoms with Crippen LogP contribution in [0.5, 0.6) is 0 Å². The minimum absolute atomic E-state index is 0.215. The van der Waals surface area contributed by atoms with Gasteiger partial charge < -0.3 is 15.0 Å². The van der Waals surface area contributed by atoms with Crippen LogP contribution < -0.4 is 0 Å². The molecule has 2 heterocycles. The molecule has 6 heteroatoms. The molecule has 2 N–H and O–H groups in total. The SMILES string of the molecule is Cc1[nH]c2ccc(C(=O)N3CSC[C@H]3C(=O)O)cc2c1C. The Hall–Kier alpha value is -1.95. The minimum Gasteiger partial charge on any atom is -0.480 e. The van der Waals surface area contributed by atoms with Gasteiger partial charge in [0.1, 0.15) is 6.04 Å². The number of nitrogens with zero attached hydrogens (tertiary/aromatic N) is 1. The fourth-order valence-electron chi connectivity index (χ4n) is 2.61. The van der Waals surface area contributed by atoms with Gasteiger partial charge in [-0.05, 0) is 37.6 Å². The summed E-state index contributed by atoms with van der Waals surface area (Å²) in [5.74, 6) is -0.277. The molecule has 1 aliphatic heterocycles. The van der Waals surface area contributed by atoms with Gasteiger partial charge in [0.05, 0.1) is 5.88 Å². The molecule has 1 aromatic heterocycles. The van der Waals surface area contributed by atoms with Gasteiger partial charge in [0, 0.05) is 27.9 Å². The van der Waals surface area contributed by atoms with E-state index in [0.29, 0.717) is 17.2 Å².